The fraction of sp³-hybridized carbons (Fsp3) is 0.500. The van der Waals surface area contributed by atoms with Gasteiger partial charge in [-0.3, -0.25) is 88.4 Å². The van der Waals surface area contributed by atoms with Crippen LogP contribution in [0.2, 0.25) is 0 Å². The van der Waals surface area contributed by atoms with E-state index in [1.54, 1.807) is 0 Å². The molecule has 135 heavy (non-hydrogen) atoms. The number of anilines is 6. The number of halogens is 6. The van der Waals surface area contributed by atoms with Gasteiger partial charge in [-0.05, 0) is 59.0 Å². The van der Waals surface area contributed by atoms with Crippen LogP contribution in [0.5, 0.6) is 0 Å². The number of aromatic amines is 3. The fourth-order valence-electron chi connectivity index (χ4n) is 15.7. The molecule has 0 aliphatic carbocycles. The lowest BCUT2D eigenvalue weighted by atomic mass is 10.1. The Hall–Kier alpha value is -6.84. The highest BCUT2D eigenvalue weighted by atomic mass is 32.7. The maximum Gasteiger partial charge on any atom is 0.386 e. The number of hydrogen-bond donors (Lipinski definition) is 15. The quantitative estimate of drug-likeness (QED) is 0.0646. The van der Waals surface area contributed by atoms with Crippen LogP contribution < -0.4 is 51.1 Å². The smallest absolute Gasteiger partial charge is 0.382 e. The second-order valence-corrected chi connectivity index (χ2v) is 51.0. The van der Waals surface area contributed by atoms with Gasteiger partial charge in [0.25, 0.3) is 16.7 Å². The molecule has 0 aromatic carbocycles. The first kappa shape index (κ1) is 97.0. The van der Waals surface area contributed by atoms with Crippen LogP contribution >= 0.6 is 87.9 Å². The number of thiol groups is 1. The summed E-state index contributed by atoms with van der Waals surface area (Å²) < 4.78 is 201. The molecule has 9 aliphatic rings. The summed E-state index contributed by atoms with van der Waals surface area (Å²) in [7, 11) is 0. The Morgan fingerprint density at radius 2 is 0.600 bits per heavy atom. The number of rotatable bonds is 6. The Morgan fingerprint density at radius 1 is 0.348 bits per heavy atom. The van der Waals surface area contributed by atoms with Gasteiger partial charge < -0.3 is 95.7 Å². The van der Waals surface area contributed by atoms with E-state index in [2.05, 4.69) is 102 Å². The number of fused-ring (bicyclic) bond motifs is 15. The van der Waals surface area contributed by atoms with Crippen LogP contribution in [0.25, 0.3) is 67.0 Å². The molecule has 12 aromatic heterocycles. The van der Waals surface area contributed by atoms with Crippen molar-refractivity contribution in [3.05, 3.63) is 88.0 Å². The van der Waals surface area contributed by atoms with Crippen molar-refractivity contribution in [2.45, 2.75) is 143 Å². The Morgan fingerprint density at radius 3 is 0.896 bits per heavy atom. The highest BCUT2D eigenvalue weighted by Crippen LogP contribution is 2.64. The maximum atomic E-state index is 16.0. The van der Waals surface area contributed by atoms with Gasteiger partial charge in [-0.25, -0.2) is 90.7 Å². The van der Waals surface area contributed by atoms with Gasteiger partial charge in [-0.2, -0.15) is 15.0 Å². The van der Waals surface area contributed by atoms with E-state index in [1.165, 1.54) is 78.0 Å². The van der Waals surface area contributed by atoms with E-state index in [1.807, 2.05) is 0 Å². The number of hydrogen-bond acceptors (Lipinski definition) is 48. The number of H-pyrrole nitrogens is 3. The molecule has 6 bridgehead atoms. The monoisotopic (exact) mass is 2180 g/mol. The summed E-state index contributed by atoms with van der Waals surface area (Å²) in [4.78, 5) is 160. The number of ether oxygens (including phenoxy) is 3. The van der Waals surface area contributed by atoms with E-state index in [9.17, 15) is 43.4 Å². The molecule has 54 nitrogen and oxygen atoms in total. The van der Waals surface area contributed by atoms with Crippen molar-refractivity contribution in [3.8, 4) is 0 Å². The lowest BCUT2D eigenvalue weighted by Crippen LogP contribution is -2.34. The molecule has 9 aliphatic heterocycles. The van der Waals surface area contributed by atoms with Crippen LogP contribution in [-0.4, -0.2) is 289 Å². The van der Waals surface area contributed by atoms with Crippen molar-refractivity contribution in [2.24, 2.45) is 0 Å². The zero-order chi connectivity index (χ0) is 95.5. The topological polar surface area (TPSA) is 734 Å². The molecule has 20 N–H and O–H groups in total. The molecule has 30 atom stereocenters. The van der Waals surface area contributed by atoms with Crippen LogP contribution in [0, 0.1) is 0 Å². The van der Waals surface area contributed by atoms with Gasteiger partial charge in [-0.15, -0.1) is 35.3 Å². The SMILES string of the molecule is Nc1nc2c(ncn2[C@@H]2S[C@@H]3COP(O)(=S)O[C@H]4[C@H](F)[C@H](n5cnc6c(N)ncnc65)O[C@@H]4COP(=O)(S)O[C@@H]2[C@@H]3F)c(=O)[nH]1.Nc1nc2c(ncn2[C@@H]2S[C@@H]3COP(O)(=S)O[C@H]4[C@H](F)[C@H](n5cnc6c(N)ncnc65)O[C@@H]4COP(O)(=S)O[C@@H]2[C@@H]3F)c(=O)[nH]1.Nc1nc2c(ncn2[C@@H]2S[C@@H]3COP(O)(=S)O[C@H]4[C@H](F)[C@H](n5cnc6c(N)ncnc65)O[C@@H]4COP(O)(=S)O[C@@H]2[C@@H]3F)c(=O)[nH]1. The predicted octanol–water partition coefficient (Wildman–Crippen LogP) is 2.51. The summed E-state index contributed by atoms with van der Waals surface area (Å²) in [5.74, 6) is -0.481. The number of nitrogens with two attached hydrogens (primary N) is 6. The summed E-state index contributed by atoms with van der Waals surface area (Å²) in [6.07, 6.45) is -18.4. The molecule has 75 heteroatoms. The van der Waals surface area contributed by atoms with E-state index in [4.69, 9.17) is 162 Å². The molecule has 12 aromatic rings. The van der Waals surface area contributed by atoms with Gasteiger partial charge in [0, 0.05) is 0 Å². The highest BCUT2D eigenvalue weighted by molar-refractivity contribution is 8.44. The number of imidazole rings is 6. The molecular formula is C60H66F6N30O24P6S9. The third kappa shape index (κ3) is 19.1. The first-order valence-corrected chi connectivity index (χ1v) is 57.1. The summed E-state index contributed by atoms with van der Waals surface area (Å²) >= 11 is 32.8. The van der Waals surface area contributed by atoms with Crippen molar-refractivity contribution in [2.75, 3.05) is 74.0 Å². The molecule has 0 spiro atoms. The number of nitrogens with one attached hydrogen (secondary N) is 3. The predicted molar refractivity (Wildman–Crippen MR) is 483 cm³/mol. The minimum absolute atomic E-state index is 0.00374. The largest absolute Gasteiger partial charge is 0.386 e. The summed E-state index contributed by atoms with van der Waals surface area (Å²) in [5, 5.41) is -6.36. The van der Waals surface area contributed by atoms with Gasteiger partial charge in [0.15, 0.2) is 105 Å². The molecule has 0 radical (unpaired) electrons. The molecular weight excluding hydrogens is 2110 g/mol. The summed E-state index contributed by atoms with van der Waals surface area (Å²) in [6, 6.07) is 0. The van der Waals surface area contributed by atoms with Gasteiger partial charge in [-0.1, -0.05) is 12.2 Å². The zero-order valence-electron chi connectivity index (χ0n) is 66.8. The average molecular weight is 2180 g/mol. The fourth-order valence-corrected chi connectivity index (χ4v) is 29.3. The molecule has 726 valence electrons. The summed E-state index contributed by atoms with van der Waals surface area (Å²) in [5.41, 5.74) is 33.6. The Balaban J connectivity index is 0.000000130. The number of nitrogens with zero attached hydrogens (tertiary/aromatic N) is 21. The Labute approximate surface area is 789 Å². The van der Waals surface area contributed by atoms with Gasteiger partial charge in [0.1, 0.15) is 125 Å². The van der Waals surface area contributed by atoms with Crippen LogP contribution in [0.3, 0.4) is 0 Å². The van der Waals surface area contributed by atoms with Crippen LogP contribution in [0.1, 0.15) is 34.8 Å². The minimum atomic E-state index is -4.42. The molecule has 21 rings (SSSR count). The van der Waals surface area contributed by atoms with E-state index in [0.29, 0.717) is 0 Å². The average Bonchev–Trinajstić information content (AvgIpc) is 1.63. The Bertz CT molecular complexity index is 6510. The van der Waals surface area contributed by atoms with Crippen molar-refractivity contribution in [3.63, 3.8) is 0 Å². The van der Waals surface area contributed by atoms with Crippen molar-refractivity contribution in [1.29, 1.82) is 0 Å². The molecule has 0 amide bonds. The standard InChI is InChI=1S/3C20H22F2N10O8P2S3/c3*21-8-7-2-37-42(35,44)39-12-6(38-18(9(12)22)31-4-27-10-14(23)25-3-26-15(10)31)1-36-41(34,43)40-13(8)19(45-7)32-5-28-11-16(32)29-20(24)30-17(11)33/h3*3-9,12-13,18-19H,1-2H2,(H,34,43)(H,35,44)(H2,23,25,26)(H3,24,29,30,33)/t3*6-,7-,8-,9+,12-,13-,18-,19-,41?,42?/m111/s1. The minimum Gasteiger partial charge on any atom is -0.382 e. The Kier molecular flexibility index (Phi) is 26.8. The first-order chi connectivity index (χ1) is 63.9. The number of nitrogen functional groups attached to an aromatic ring is 6. The third-order valence-electron chi connectivity index (χ3n) is 21.7. The first-order valence-electron chi connectivity index (χ1n) is 38.6. The van der Waals surface area contributed by atoms with Crippen molar-refractivity contribution in [1.82, 2.24) is 117 Å². The van der Waals surface area contributed by atoms with E-state index < -0.39 is 239 Å². The van der Waals surface area contributed by atoms with Gasteiger partial charge in [0.2, 0.25) is 17.8 Å². The maximum absolute atomic E-state index is 16.0. The van der Waals surface area contributed by atoms with Crippen molar-refractivity contribution < 1.29 is 124 Å². The van der Waals surface area contributed by atoms with Crippen LogP contribution in [-0.2, 0) is 132 Å². The van der Waals surface area contributed by atoms with Gasteiger partial charge in [0.05, 0.1) is 93.4 Å². The molecule has 21 heterocycles. The number of alkyl halides is 6. The molecule has 6 unspecified atom stereocenters. The second-order valence-electron chi connectivity index (χ2n) is 30.1. The zero-order valence-corrected chi connectivity index (χ0v) is 79.6. The lowest BCUT2D eigenvalue weighted by Gasteiger charge is -2.27. The normalized spacial score (nSPS) is 37.7. The third-order valence-corrected chi connectivity index (χ3v) is 35.7. The van der Waals surface area contributed by atoms with Crippen LogP contribution in [0.15, 0.2) is 71.3 Å². The van der Waals surface area contributed by atoms with Gasteiger partial charge >= 0.3 is 40.4 Å². The van der Waals surface area contributed by atoms with E-state index >= 15 is 26.3 Å². The van der Waals surface area contributed by atoms with Crippen LogP contribution in [0.4, 0.5) is 61.6 Å². The highest BCUT2D eigenvalue weighted by Gasteiger charge is 2.59. The molecule has 0 saturated carbocycles. The van der Waals surface area contributed by atoms with E-state index in [0.717, 1.165) is 41.6 Å². The second kappa shape index (κ2) is 37.2. The van der Waals surface area contributed by atoms with Crippen molar-refractivity contribution >= 4 is 249 Å². The number of thioether (sulfide) groups is 3. The lowest BCUT2D eigenvalue weighted by molar-refractivity contribution is -0.0440. The molecule has 9 fully saturated rings. The summed E-state index contributed by atoms with van der Waals surface area (Å²) in [6.45, 7) is -29.2. The molecule has 9 saturated heterocycles. The van der Waals surface area contributed by atoms with E-state index in [-0.39, 0.29) is 102 Å². The number of aromatic nitrogens is 24.